The molecule has 0 aliphatic heterocycles. The van der Waals surface area contributed by atoms with Gasteiger partial charge in [-0.15, -0.1) is 0 Å². The quantitative estimate of drug-likeness (QED) is 0.483. The van der Waals surface area contributed by atoms with E-state index in [9.17, 15) is 10.1 Å². The fourth-order valence-corrected chi connectivity index (χ4v) is 2.70. The Bertz CT molecular complexity index is 940. The molecule has 1 aliphatic carbocycles. The molecular weight excluding hydrogens is 342 g/mol. The molecule has 0 unspecified atom stereocenters. The maximum Gasteiger partial charge on any atom is 0.269 e. The molecule has 1 saturated carbocycles. The fourth-order valence-electron chi connectivity index (χ4n) is 2.70. The zero-order valence-electron chi connectivity index (χ0n) is 14.6. The van der Waals surface area contributed by atoms with Crippen LogP contribution in [0.25, 0.3) is 11.3 Å². The van der Waals surface area contributed by atoms with Crippen molar-refractivity contribution < 1.29 is 4.92 Å². The van der Waals surface area contributed by atoms with Crippen molar-refractivity contribution in [3.05, 3.63) is 76.3 Å². The number of anilines is 2. The lowest BCUT2D eigenvalue weighted by atomic mass is 10.1. The molecule has 0 radical (unpaired) electrons. The summed E-state index contributed by atoms with van der Waals surface area (Å²) in [5, 5.41) is 17.4. The molecule has 0 bridgehead atoms. The highest BCUT2D eigenvalue weighted by Crippen LogP contribution is 2.26. The lowest BCUT2D eigenvalue weighted by Gasteiger charge is -2.11. The molecule has 27 heavy (non-hydrogen) atoms. The van der Waals surface area contributed by atoms with E-state index in [1.54, 1.807) is 12.1 Å². The second kappa shape index (κ2) is 7.41. The minimum Gasteiger partial charge on any atom is -0.366 e. The zero-order valence-corrected chi connectivity index (χ0v) is 14.6. The molecule has 1 fully saturated rings. The minimum atomic E-state index is -0.399. The van der Waals surface area contributed by atoms with E-state index in [4.69, 9.17) is 0 Å². The third kappa shape index (κ3) is 4.38. The van der Waals surface area contributed by atoms with E-state index in [1.807, 2.05) is 36.4 Å². The van der Waals surface area contributed by atoms with Gasteiger partial charge in [0.05, 0.1) is 10.6 Å². The Hall–Kier alpha value is -3.48. The molecule has 0 saturated heterocycles. The smallest absolute Gasteiger partial charge is 0.269 e. The van der Waals surface area contributed by atoms with E-state index >= 15 is 0 Å². The van der Waals surface area contributed by atoms with Crippen LogP contribution >= 0.6 is 0 Å². The van der Waals surface area contributed by atoms with E-state index in [0.29, 0.717) is 24.4 Å². The van der Waals surface area contributed by atoms with Gasteiger partial charge in [0.2, 0.25) is 5.95 Å². The molecule has 2 N–H and O–H groups in total. The topological polar surface area (TPSA) is 93.0 Å². The van der Waals surface area contributed by atoms with Crippen molar-refractivity contribution in [2.45, 2.75) is 25.4 Å². The molecule has 0 spiro atoms. The third-order valence-electron chi connectivity index (χ3n) is 4.33. The first kappa shape index (κ1) is 17.0. The van der Waals surface area contributed by atoms with Crippen LogP contribution < -0.4 is 10.6 Å². The van der Waals surface area contributed by atoms with Crippen molar-refractivity contribution in [3.8, 4) is 11.3 Å². The largest absolute Gasteiger partial charge is 0.366 e. The number of rotatable bonds is 7. The summed E-state index contributed by atoms with van der Waals surface area (Å²) in [7, 11) is 0. The monoisotopic (exact) mass is 361 g/mol. The molecule has 136 valence electrons. The number of nitrogens with one attached hydrogen (secondary N) is 2. The van der Waals surface area contributed by atoms with Gasteiger partial charge in [-0.3, -0.25) is 10.1 Å². The third-order valence-corrected chi connectivity index (χ3v) is 4.33. The van der Waals surface area contributed by atoms with Crippen LogP contribution in [0.3, 0.4) is 0 Å². The maximum atomic E-state index is 10.8. The molecule has 0 amide bonds. The summed E-state index contributed by atoms with van der Waals surface area (Å²) < 4.78 is 0. The summed E-state index contributed by atoms with van der Waals surface area (Å²) in [6, 6.07) is 18.8. The maximum absolute atomic E-state index is 10.8. The van der Waals surface area contributed by atoms with E-state index in [2.05, 4.69) is 20.6 Å². The van der Waals surface area contributed by atoms with Gasteiger partial charge in [-0.05, 0) is 18.4 Å². The number of non-ortho nitro benzene ring substituents is 1. The first-order valence-electron chi connectivity index (χ1n) is 8.85. The molecule has 2 aromatic carbocycles. The van der Waals surface area contributed by atoms with Gasteiger partial charge in [-0.1, -0.05) is 42.5 Å². The number of aromatic nitrogens is 2. The molecule has 7 heteroatoms. The molecule has 7 nitrogen and oxygen atoms in total. The molecule has 1 aliphatic rings. The van der Waals surface area contributed by atoms with E-state index < -0.39 is 4.92 Å². The number of hydrogen-bond donors (Lipinski definition) is 2. The lowest BCUT2D eigenvalue weighted by molar-refractivity contribution is -0.384. The summed E-state index contributed by atoms with van der Waals surface area (Å²) in [4.78, 5) is 19.6. The van der Waals surface area contributed by atoms with Crippen molar-refractivity contribution in [2.24, 2.45) is 0 Å². The Morgan fingerprint density at radius 3 is 2.44 bits per heavy atom. The van der Waals surface area contributed by atoms with Gasteiger partial charge >= 0.3 is 0 Å². The fraction of sp³-hybridized carbons (Fsp3) is 0.200. The Labute approximate surface area is 156 Å². The molecule has 1 aromatic heterocycles. The van der Waals surface area contributed by atoms with Gasteiger partial charge in [0.15, 0.2) is 0 Å². The highest BCUT2D eigenvalue weighted by molar-refractivity contribution is 5.64. The van der Waals surface area contributed by atoms with Crippen LogP contribution in [0.5, 0.6) is 0 Å². The van der Waals surface area contributed by atoms with Crippen molar-refractivity contribution in [1.29, 1.82) is 0 Å². The van der Waals surface area contributed by atoms with Crippen LogP contribution in [0.2, 0.25) is 0 Å². The lowest BCUT2D eigenvalue weighted by Crippen LogP contribution is -2.09. The van der Waals surface area contributed by atoms with Crippen molar-refractivity contribution in [3.63, 3.8) is 0 Å². The first-order valence-corrected chi connectivity index (χ1v) is 8.85. The Kier molecular flexibility index (Phi) is 4.65. The number of benzene rings is 2. The number of hydrogen-bond acceptors (Lipinski definition) is 6. The summed E-state index contributed by atoms with van der Waals surface area (Å²) in [5.74, 6) is 1.33. The summed E-state index contributed by atoms with van der Waals surface area (Å²) in [6.45, 7) is 0.520. The summed E-state index contributed by atoms with van der Waals surface area (Å²) in [6.07, 6.45) is 2.29. The number of nitro benzene ring substituents is 1. The normalized spacial score (nSPS) is 13.2. The second-order valence-electron chi connectivity index (χ2n) is 6.52. The van der Waals surface area contributed by atoms with Crippen LogP contribution in [-0.4, -0.2) is 20.9 Å². The average Bonchev–Trinajstić information content (AvgIpc) is 3.51. The second-order valence-corrected chi connectivity index (χ2v) is 6.52. The number of nitrogens with zero attached hydrogens (tertiary/aromatic N) is 3. The summed E-state index contributed by atoms with van der Waals surface area (Å²) in [5.41, 5.74) is 2.90. The van der Waals surface area contributed by atoms with E-state index in [-0.39, 0.29) is 5.69 Å². The van der Waals surface area contributed by atoms with Crippen molar-refractivity contribution >= 4 is 17.5 Å². The molecule has 3 aromatic rings. The zero-order chi connectivity index (χ0) is 18.6. The average molecular weight is 361 g/mol. The Morgan fingerprint density at radius 2 is 1.78 bits per heavy atom. The standard InChI is InChI=1S/C20H19N5O2/c26-25(27)17-10-6-14(7-11-17)13-21-19-12-18(15-4-2-1-3-5-15)23-20(24-19)22-16-8-9-16/h1-7,10-12,16H,8-9,13H2,(H2,21,22,23,24). The minimum absolute atomic E-state index is 0.0862. The van der Waals surface area contributed by atoms with Gasteiger partial charge in [-0.25, -0.2) is 4.98 Å². The van der Waals surface area contributed by atoms with Crippen LogP contribution in [0.4, 0.5) is 17.5 Å². The molecular formula is C20H19N5O2. The van der Waals surface area contributed by atoms with Crippen LogP contribution in [0.1, 0.15) is 18.4 Å². The van der Waals surface area contributed by atoms with Crippen molar-refractivity contribution in [1.82, 2.24) is 9.97 Å². The highest BCUT2D eigenvalue weighted by atomic mass is 16.6. The van der Waals surface area contributed by atoms with Gasteiger partial charge in [0.1, 0.15) is 5.82 Å². The van der Waals surface area contributed by atoms with Gasteiger partial charge in [0, 0.05) is 36.3 Å². The molecule has 0 atom stereocenters. The van der Waals surface area contributed by atoms with Gasteiger partial charge in [-0.2, -0.15) is 4.98 Å². The Balaban J connectivity index is 1.54. The SMILES string of the molecule is O=[N+]([O-])c1ccc(CNc2cc(-c3ccccc3)nc(NC3CC3)n2)cc1. The van der Waals surface area contributed by atoms with Crippen LogP contribution in [-0.2, 0) is 6.54 Å². The predicted molar refractivity (Wildman–Crippen MR) is 105 cm³/mol. The highest BCUT2D eigenvalue weighted by Gasteiger charge is 2.22. The van der Waals surface area contributed by atoms with E-state index in [1.165, 1.54) is 12.1 Å². The van der Waals surface area contributed by atoms with Crippen LogP contribution in [0.15, 0.2) is 60.7 Å². The predicted octanol–water partition coefficient (Wildman–Crippen LogP) is 4.24. The van der Waals surface area contributed by atoms with E-state index in [0.717, 1.165) is 29.7 Å². The number of nitro groups is 1. The van der Waals surface area contributed by atoms with Gasteiger partial charge in [0.25, 0.3) is 5.69 Å². The summed E-state index contributed by atoms with van der Waals surface area (Å²) >= 11 is 0. The van der Waals surface area contributed by atoms with Gasteiger partial charge < -0.3 is 10.6 Å². The van der Waals surface area contributed by atoms with Crippen LogP contribution in [0, 0.1) is 10.1 Å². The molecule has 1 heterocycles. The van der Waals surface area contributed by atoms with Crippen molar-refractivity contribution in [2.75, 3.05) is 10.6 Å². The molecule has 4 rings (SSSR count). The Morgan fingerprint density at radius 1 is 1.04 bits per heavy atom. The first-order chi connectivity index (χ1) is 13.2.